The fourth-order valence-electron chi connectivity index (χ4n) is 4.76. The highest BCUT2D eigenvalue weighted by Gasteiger charge is 2.30. The third kappa shape index (κ3) is 10.9. The summed E-state index contributed by atoms with van der Waals surface area (Å²) in [6, 6.07) is 13.5. The van der Waals surface area contributed by atoms with E-state index < -0.39 is 29.1 Å². The van der Waals surface area contributed by atoms with Crippen LogP contribution in [-0.2, 0) is 31.9 Å². The van der Waals surface area contributed by atoms with Gasteiger partial charge in [-0.2, -0.15) is 13.2 Å². The number of benzene rings is 2. The van der Waals surface area contributed by atoms with Gasteiger partial charge in [0.15, 0.2) is 6.29 Å². The first-order chi connectivity index (χ1) is 22.0. The summed E-state index contributed by atoms with van der Waals surface area (Å²) in [7, 11) is 1.51. The topological polar surface area (TPSA) is 132 Å². The van der Waals surface area contributed by atoms with Crippen LogP contribution < -0.4 is 15.4 Å². The smallest absolute Gasteiger partial charge is 0.416 e. The van der Waals surface area contributed by atoms with Gasteiger partial charge in [-0.3, -0.25) is 24.2 Å². The molecule has 46 heavy (non-hydrogen) atoms. The minimum Gasteiger partial charge on any atom is -0.496 e. The van der Waals surface area contributed by atoms with E-state index in [0.29, 0.717) is 41.1 Å². The number of unbranched alkanes of at least 4 members (excludes halogenated alkanes) is 6. The Balaban J connectivity index is 1.42. The standard InChI is InChI=1S/C34H36F3N3O6/c1-46-31-14-13-24(23-10-9-11-26(18-23)34(35,36)37)20-28(31)25-15-17-38-27(19-25)21-40-33(45)39-16-8-6-4-2-3-5-7-12-29(42)32(44)30(43)22-41/h9-11,13-15,17-20,22H,2-8,12,16,21H2,1H3,(H2,39,40,45). The lowest BCUT2D eigenvalue weighted by Gasteiger charge is -2.14. The number of aldehydes is 1. The number of amides is 2. The number of pyridine rings is 1. The molecule has 9 nitrogen and oxygen atoms in total. The van der Waals surface area contributed by atoms with Gasteiger partial charge in [-0.15, -0.1) is 0 Å². The zero-order valence-electron chi connectivity index (χ0n) is 25.5. The van der Waals surface area contributed by atoms with Gasteiger partial charge in [0.25, 0.3) is 11.6 Å². The van der Waals surface area contributed by atoms with E-state index in [0.717, 1.165) is 56.2 Å². The van der Waals surface area contributed by atoms with Gasteiger partial charge < -0.3 is 15.4 Å². The fourth-order valence-corrected chi connectivity index (χ4v) is 4.76. The van der Waals surface area contributed by atoms with Gasteiger partial charge in [-0.25, -0.2) is 4.79 Å². The van der Waals surface area contributed by atoms with E-state index in [1.54, 1.807) is 42.6 Å². The zero-order chi connectivity index (χ0) is 33.5. The second-order valence-corrected chi connectivity index (χ2v) is 10.6. The largest absolute Gasteiger partial charge is 0.496 e. The van der Waals surface area contributed by atoms with E-state index in [9.17, 15) is 37.1 Å². The number of alkyl halides is 3. The van der Waals surface area contributed by atoms with Crippen LogP contribution in [0.3, 0.4) is 0 Å². The molecule has 3 rings (SSSR count). The molecule has 2 N–H and O–H groups in total. The minimum absolute atomic E-state index is 0.0397. The number of methoxy groups -OCH3 is 1. The summed E-state index contributed by atoms with van der Waals surface area (Å²) in [5.41, 5.74) is 2.26. The van der Waals surface area contributed by atoms with Crippen molar-refractivity contribution in [2.24, 2.45) is 0 Å². The van der Waals surface area contributed by atoms with Crippen molar-refractivity contribution >= 4 is 29.7 Å². The van der Waals surface area contributed by atoms with Crippen molar-refractivity contribution in [3.8, 4) is 28.0 Å². The molecule has 1 heterocycles. The predicted molar refractivity (Wildman–Crippen MR) is 165 cm³/mol. The summed E-state index contributed by atoms with van der Waals surface area (Å²) in [6.45, 7) is 0.646. The highest BCUT2D eigenvalue weighted by Crippen LogP contribution is 2.36. The fraction of sp³-hybridized carbons (Fsp3) is 0.353. The number of hydrogen-bond donors (Lipinski definition) is 2. The third-order valence-electron chi connectivity index (χ3n) is 7.23. The number of Topliss-reactive ketones (excluding diaryl/α,β-unsaturated/α-hetero) is 3. The second-order valence-electron chi connectivity index (χ2n) is 10.6. The average Bonchev–Trinajstić information content (AvgIpc) is 3.06. The highest BCUT2D eigenvalue weighted by atomic mass is 19.4. The number of ketones is 3. The van der Waals surface area contributed by atoms with Crippen molar-refractivity contribution in [2.45, 2.75) is 64.1 Å². The second kappa shape index (κ2) is 17.6. The van der Waals surface area contributed by atoms with E-state index >= 15 is 0 Å². The molecule has 0 bridgehead atoms. The summed E-state index contributed by atoms with van der Waals surface area (Å²) in [5.74, 6) is -2.85. The Morgan fingerprint density at radius 2 is 1.52 bits per heavy atom. The van der Waals surface area contributed by atoms with Crippen molar-refractivity contribution in [3.63, 3.8) is 0 Å². The Kier molecular flexibility index (Phi) is 13.6. The molecule has 0 aliphatic carbocycles. The lowest BCUT2D eigenvalue weighted by atomic mass is 9.97. The number of urea groups is 1. The predicted octanol–water partition coefficient (Wildman–Crippen LogP) is 6.27. The summed E-state index contributed by atoms with van der Waals surface area (Å²) in [5, 5.41) is 5.58. The molecule has 12 heteroatoms. The van der Waals surface area contributed by atoms with Crippen LogP contribution in [0.25, 0.3) is 22.3 Å². The van der Waals surface area contributed by atoms with Crippen molar-refractivity contribution in [1.29, 1.82) is 0 Å². The monoisotopic (exact) mass is 639 g/mol. The maximum atomic E-state index is 13.3. The highest BCUT2D eigenvalue weighted by molar-refractivity contribution is 6.74. The molecule has 0 radical (unpaired) electrons. The van der Waals surface area contributed by atoms with Crippen LogP contribution in [0.5, 0.6) is 5.75 Å². The first kappa shape index (κ1) is 35.6. The van der Waals surface area contributed by atoms with Gasteiger partial charge in [0.05, 0.1) is 24.9 Å². The van der Waals surface area contributed by atoms with E-state index in [2.05, 4.69) is 15.6 Å². The minimum atomic E-state index is -4.45. The molecule has 0 unspecified atom stereocenters. The van der Waals surface area contributed by atoms with Crippen LogP contribution in [0, 0.1) is 0 Å². The van der Waals surface area contributed by atoms with Crippen molar-refractivity contribution < 1.29 is 41.9 Å². The Morgan fingerprint density at radius 3 is 2.22 bits per heavy atom. The van der Waals surface area contributed by atoms with E-state index in [-0.39, 0.29) is 25.3 Å². The van der Waals surface area contributed by atoms with Gasteiger partial charge in [-0.1, -0.05) is 50.3 Å². The first-order valence-electron chi connectivity index (χ1n) is 14.9. The van der Waals surface area contributed by atoms with Crippen LogP contribution in [0.1, 0.15) is 62.6 Å². The zero-order valence-corrected chi connectivity index (χ0v) is 25.5. The number of rotatable bonds is 18. The molecule has 0 saturated heterocycles. The van der Waals surface area contributed by atoms with Crippen molar-refractivity contribution in [1.82, 2.24) is 15.6 Å². The van der Waals surface area contributed by atoms with E-state index in [1.165, 1.54) is 13.2 Å². The molecule has 2 aromatic carbocycles. The summed E-state index contributed by atoms with van der Waals surface area (Å²) in [6.07, 6.45) is 2.58. The summed E-state index contributed by atoms with van der Waals surface area (Å²) in [4.78, 5) is 60.6. The lowest BCUT2D eigenvalue weighted by Crippen LogP contribution is -2.35. The quantitative estimate of drug-likeness (QED) is 0.0726. The molecule has 0 spiro atoms. The van der Waals surface area contributed by atoms with Crippen LogP contribution >= 0.6 is 0 Å². The number of ether oxygens (including phenoxy) is 1. The molecular formula is C34H36F3N3O6. The maximum Gasteiger partial charge on any atom is 0.416 e. The number of nitrogens with one attached hydrogen (secondary N) is 2. The molecule has 244 valence electrons. The number of carbonyl (C=O) groups excluding carboxylic acids is 5. The summed E-state index contributed by atoms with van der Waals surface area (Å²) < 4.78 is 45.3. The van der Waals surface area contributed by atoms with Gasteiger partial charge in [0.2, 0.25) is 5.78 Å². The van der Waals surface area contributed by atoms with Crippen LogP contribution in [0.2, 0.25) is 0 Å². The Labute approximate surface area is 264 Å². The summed E-state index contributed by atoms with van der Waals surface area (Å²) >= 11 is 0. The van der Waals surface area contributed by atoms with Crippen LogP contribution in [-0.4, -0.2) is 48.3 Å². The lowest BCUT2D eigenvalue weighted by molar-refractivity contribution is -0.145. The molecule has 0 aliphatic rings. The van der Waals surface area contributed by atoms with Crippen LogP contribution in [0.15, 0.2) is 60.8 Å². The molecule has 0 atom stereocenters. The van der Waals surface area contributed by atoms with Gasteiger partial charge in [0, 0.05) is 24.7 Å². The van der Waals surface area contributed by atoms with Gasteiger partial charge in [-0.05, 0) is 65.9 Å². The van der Waals surface area contributed by atoms with Crippen molar-refractivity contribution in [3.05, 3.63) is 72.1 Å². The molecule has 1 aromatic heterocycles. The Morgan fingerprint density at radius 1 is 0.826 bits per heavy atom. The van der Waals surface area contributed by atoms with Gasteiger partial charge in [0.1, 0.15) is 5.75 Å². The molecule has 0 saturated carbocycles. The van der Waals surface area contributed by atoms with Crippen molar-refractivity contribution in [2.75, 3.05) is 13.7 Å². The third-order valence-corrected chi connectivity index (χ3v) is 7.23. The number of carbonyl (C=O) groups is 5. The number of halogens is 3. The van der Waals surface area contributed by atoms with E-state index in [1.807, 2.05) is 0 Å². The van der Waals surface area contributed by atoms with Gasteiger partial charge >= 0.3 is 12.2 Å². The average molecular weight is 640 g/mol. The number of aromatic nitrogens is 1. The molecule has 2 amide bonds. The van der Waals surface area contributed by atoms with Crippen LogP contribution in [0.4, 0.5) is 18.0 Å². The maximum absolute atomic E-state index is 13.3. The Hall–Kier alpha value is -4.87. The first-order valence-corrected chi connectivity index (χ1v) is 14.9. The van der Waals surface area contributed by atoms with E-state index in [4.69, 9.17) is 4.74 Å². The molecule has 0 fully saturated rings. The number of nitrogens with zero attached hydrogens (tertiary/aromatic N) is 1. The molecule has 3 aromatic rings. The number of hydrogen-bond acceptors (Lipinski definition) is 7. The normalized spacial score (nSPS) is 11.0. The molecule has 0 aliphatic heterocycles. The SMILES string of the molecule is COc1ccc(-c2cccc(C(F)(F)F)c2)cc1-c1ccnc(CNC(=O)NCCCCCCCCCC(=O)C(=O)C(=O)C=O)c1. The molecular weight excluding hydrogens is 603 g/mol. The Bertz CT molecular complexity index is 1540.